The van der Waals surface area contributed by atoms with Crippen molar-refractivity contribution in [2.24, 2.45) is 0 Å². The first kappa shape index (κ1) is 27.7. The Labute approximate surface area is 227 Å². The SMILES string of the molecule is CC(C)N(Cc1nc(C(=O)N2CCN(c3cccc(C(F)(F)F)c3)CC2)cs1)C(=O)Nc1cccc(Cl)c1. The number of carbonyl (C=O) groups excluding carboxylic acids is 2. The Hall–Kier alpha value is -3.31. The van der Waals surface area contributed by atoms with Crippen molar-refractivity contribution in [1.82, 2.24) is 14.8 Å². The topological polar surface area (TPSA) is 68.8 Å². The maximum Gasteiger partial charge on any atom is 0.416 e. The zero-order valence-corrected chi connectivity index (χ0v) is 22.4. The van der Waals surface area contributed by atoms with E-state index in [1.54, 1.807) is 45.5 Å². The minimum atomic E-state index is -4.41. The van der Waals surface area contributed by atoms with Crippen molar-refractivity contribution in [2.75, 3.05) is 36.4 Å². The summed E-state index contributed by atoms with van der Waals surface area (Å²) in [5, 5.41) is 5.63. The number of aromatic nitrogens is 1. The van der Waals surface area contributed by atoms with Crippen LogP contribution in [-0.4, -0.2) is 58.9 Å². The summed E-state index contributed by atoms with van der Waals surface area (Å²) in [4.78, 5) is 35.5. The fourth-order valence-electron chi connectivity index (χ4n) is 4.09. The Morgan fingerprint density at radius 3 is 2.47 bits per heavy atom. The highest BCUT2D eigenvalue weighted by Crippen LogP contribution is 2.32. The average molecular weight is 566 g/mol. The van der Waals surface area contributed by atoms with Gasteiger partial charge in [0.1, 0.15) is 10.7 Å². The molecule has 1 aliphatic rings. The van der Waals surface area contributed by atoms with E-state index in [0.717, 1.165) is 12.1 Å². The number of nitrogens with one attached hydrogen (secondary N) is 1. The van der Waals surface area contributed by atoms with Gasteiger partial charge in [0.15, 0.2) is 0 Å². The number of thiazole rings is 1. The fourth-order valence-corrected chi connectivity index (χ4v) is 5.04. The maximum atomic E-state index is 13.1. The Balaban J connectivity index is 1.36. The third-order valence-corrected chi connectivity index (χ3v) is 7.21. The molecule has 2 heterocycles. The van der Waals surface area contributed by atoms with Crippen molar-refractivity contribution in [3.05, 3.63) is 75.2 Å². The molecule has 1 fully saturated rings. The molecule has 2 aromatic carbocycles. The highest BCUT2D eigenvalue weighted by atomic mass is 35.5. The molecule has 3 amide bonds. The molecule has 0 atom stereocenters. The third-order valence-electron chi connectivity index (χ3n) is 6.14. The van der Waals surface area contributed by atoms with Crippen LogP contribution in [0.25, 0.3) is 0 Å². The van der Waals surface area contributed by atoms with E-state index in [-0.39, 0.29) is 30.2 Å². The number of alkyl halides is 3. The normalized spacial score (nSPS) is 14.1. The second-order valence-corrected chi connectivity index (χ2v) is 10.5. The van der Waals surface area contributed by atoms with E-state index in [1.165, 1.54) is 17.4 Å². The Morgan fingerprint density at radius 1 is 1.11 bits per heavy atom. The van der Waals surface area contributed by atoms with Gasteiger partial charge in [0, 0.05) is 54.0 Å². The number of rotatable bonds is 6. The molecule has 0 spiro atoms. The fraction of sp³-hybridized carbons (Fsp3) is 0.346. The highest BCUT2D eigenvalue weighted by molar-refractivity contribution is 7.09. The first-order valence-electron chi connectivity index (χ1n) is 12.0. The van der Waals surface area contributed by atoms with Gasteiger partial charge in [0.05, 0.1) is 12.1 Å². The van der Waals surface area contributed by atoms with Gasteiger partial charge in [-0.3, -0.25) is 4.79 Å². The summed E-state index contributed by atoms with van der Waals surface area (Å²) in [7, 11) is 0. The second kappa shape index (κ2) is 11.6. The Morgan fingerprint density at radius 2 is 1.82 bits per heavy atom. The van der Waals surface area contributed by atoms with Gasteiger partial charge in [-0.05, 0) is 50.2 Å². The quantitative estimate of drug-likeness (QED) is 0.385. The molecule has 0 aliphatic carbocycles. The number of benzene rings is 2. The molecule has 0 unspecified atom stereocenters. The first-order valence-corrected chi connectivity index (χ1v) is 13.3. The van der Waals surface area contributed by atoms with Gasteiger partial charge in [-0.25, -0.2) is 9.78 Å². The number of urea groups is 1. The van der Waals surface area contributed by atoms with Gasteiger partial charge in [0.25, 0.3) is 5.91 Å². The molecular weight excluding hydrogens is 539 g/mol. The number of hydrogen-bond acceptors (Lipinski definition) is 5. The number of halogens is 4. The van der Waals surface area contributed by atoms with E-state index >= 15 is 0 Å². The number of piperazine rings is 1. The highest BCUT2D eigenvalue weighted by Gasteiger charge is 2.31. The standard InChI is InChI=1S/C26H27ClF3N5O2S/c1-17(2)35(25(37)31-20-7-4-6-19(27)14-20)15-23-32-22(16-38-23)24(36)34-11-9-33(10-12-34)21-8-3-5-18(13-21)26(28,29)30/h3-8,13-14,16-17H,9-12,15H2,1-2H3,(H,31,37). The monoisotopic (exact) mass is 565 g/mol. The summed E-state index contributed by atoms with van der Waals surface area (Å²) in [6.07, 6.45) is -4.41. The second-order valence-electron chi connectivity index (χ2n) is 9.12. The maximum absolute atomic E-state index is 13.1. The summed E-state index contributed by atoms with van der Waals surface area (Å²) in [6, 6.07) is 11.6. The summed E-state index contributed by atoms with van der Waals surface area (Å²) < 4.78 is 39.2. The van der Waals surface area contributed by atoms with Gasteiger partial charge >= 0.3 is 12.2 Å². The number of amides is 3. The molecule has 0 bridgehead atoms. The van der Waals surface area contributed by atoms with Crippen LogP contribution >= 0.6 is 22.9 Å². The van der Waals surface area contributed by atoms with Gasteiger partial charge in [-0.1, -0.05) is 23.7 Å². The summed E-state index contributed by atoms with van der Waals surface area (Å²) >= 11 is 7.30. The molecule has 202 valence electrons. The number of carbonyl (C=O) groups is 2. The molecule has 7 nitrogen and oxygen atoms in total. The zero-order valence-electron chi connectivity index (χ0n) is 20.8. The minimum Gasteiger partial charge on any atom is -0.368 e. The molecule has 1 N–H and O–H groups in total. The van der Waals surface area contributed by atoms with Crippen molar-refractivity contribution in [3.63, 3.8) is 0 Å². The number of anilines is 2. The van der Waals surface area contributed by atoms with Gasteiger partial charge in [-0.2, -0.15) is 13.2 Å². The first-order chi connectivity index (χ1) is 18.0. The number of nitrogens with zero attached hydrogens (tertiary/aromatic N) is 4. The molecule has 1 aliphatic heterocycles. The zero-order chi connectivity index (χ0) is 27.4. The lowest BCUT2D eigenvalue weighted by Crippen LogP contribution is -2.49. The summed E-state index contributed by atoms with van der Waals surface area (Å²) in [6.45, 7) is 5.56. The van der Waals surface area contributed by atoms with Crippen molar-refractivity contribution in [1.29, 1.82) is 0 Å². The van der Waals surface area contributed by atoms with Gasteiger partial charge < -0.3 is 20.0 Å². The molecule has 1 saturated heterocycles. The lowest BCUT2D eigenvalue weighted by atomic mass is 10.1. The minimum absolute atomic E-state index is 0.124. The van der Waals surface area contributed by atoms with Crippen molar-refractivity contribution in [3.8, 4) is 0 Å². The smallest absolute Gasteiger partial charge is 0.368 e. The number of hydrogen-bond donors (Lipinski definition) is 1. The molecular formula is C26H27ClF3N5O2S. The summed E-state index contributed by atoms with van der Waals surface area (Å²) in [5.41, 5.74) is 0.650. The molecule has 3 aromatic rings. The average Bonchev–Trinajstić information content (AvgIpc) is 3.35. The lowest BCUT2D eigenvalue weighted by molar-refractivity contribution is -0.137. The van der Waals surface area contributed by atoms with E-state index < -0.39 is 11.7 Å². The van der Waals surface area contributed by atoms with Crippen LogP contribution in [0.5, 0.6) is 0 Å². The van der Waals surface area contributed by atoms with Crippen LogP contribution in [0.3, 0.4) is 0 Å². The largest absolute Gasteiger partial charge is 0.416 e. The molecule has 4 rings (SSSR count). The molecule has 1 aromatic heterocycles. The third kappa shape index (κ3) is 6.76. The van der Waals surface area contributed by atoms with E-state index in [1.807, 2.05) is 18.7 Å². The van der Waals surface area contributed by atoms with E-state index in [9.17, 15) is 22.8 Å². The van der Waals surface area contributed by atoms with Crippen LogP contribution in [0, 0.1) is 0 Å². The molecule has 12 heteroatoms. The van der Waals surface area contributed by atoms with Crippen LogP contribution < -0.4 is 10.2 Å². The predicted molar refractivity (Wildman–Crippen MR) is 143 cm³/mol. The Kier molecular flexibility index (Phi) is 8.47. The van der Waals surface area contributed by atoms with Crippen LogP contribution in [0.4, 0.5) is 29.3 Å². The van der Waals surface area contributed by atoms with Gasteiger partial charge in [0.2, 0.25) is 0 Å². The van der Waals surface area contributed by atoms with Crippen LogP contribution in [0.15, 0.2) is 53.9 Å². The van der Waals surface area contributed by atoms with Crippen molar-refractivity contribution >= 4 is 46.3 Å². The van der Waals surface area contributed by atoms with Crippen LogP contribution in [-0.2, 0) is 12.7 Å². The molecule has 0 saturated carbocycles. The summed E-state index contributed by atoms with van der Waals surface area (Å²) in [5.74, 6) is -0.240. The molecule has 0 radical (unpaired) electrons. The van der Waals surface area contributed by atoms with E-state index in [2.05, 4.69) is 10.3 Å². The lowest BCUT2D eigenvalue weighted by Gasteiger charge is -2.36. The van der Waals surface area contributed by atoms with Crippen molar-refractivity contribution < 1.29 is 22.8 Å². The van der Waals surface area contributed by atoms with Gasteiger partial charge in [-0.15, -0.1) is 11.3 Å². The van der Waals surface area contributed by atoms with E-state index in [4.69, 9.17) is 11.6 Å². The van der Waals surface area contributed by atoms with E-state index in [0.29, 0.717) is 47.6 Å². The van der Waals surface area contributed by atoms with Crippen LogP contribution in [0.1, 0.15) is 34.9 Å². The van der Waals surface area contributed by atoms with Crippen LogP contribution in [0.2, 0.25) is 5.02 Å². The van der Waals surface area contributed by atoms with Crippen molar-refractivity contribution in [2.45, 2.75) is 32.6 Å². The predicted octanol–water partition coefficient (Wildman–Crippen LogP) is 6.22. The molecule has 38 heavy (non-hydrogen) atoms. The Bertz CT molecular complexity index is 1290.